The van der Waals surface area contributed by atoms with Gasteiger partial charge < -0.3 is 4.74 Å². The minimum Gasteiger partial charge on any atom is -0.442 e. The minimum absolute atomic E-state index is 0.236. The standard InChI is InChI=1S/C23H25N2O2/c1-17-11-13-19(14-12-17)23(16-25-15-7-6-10-20(23)25)27-22(26)21(24-2)18-8-4-3-5-9-18/h3-5,8-9,11-14,20H,2,6-7,10,15-16H2,1H3/q+1/t20-,23+/m1/s1. The van der Waals surface area contributed by atoms with Crippen molar-refractivity contribution in [3.8, 4) is 0 Å². The highest BCUT2D eigenvalue weighted by molar-refractivity contribution is 6.43. The highest BCUT2D eigenvalue weighted by Gasteiger charge is 2.58. The van der Waals surface area contributed by atoms with Gasteiger partial charge in [0.1, 0.15) is 0 Å². The van der Waals surface area contributed by atoms with Gasteiger partial charge in [0.25, 0.3) is 6.72 Å². The van der Waals surface area contributed by atoms with Gasteiger partial charge in [0, 0.05) is 6.54 Å². The lowest BCUT2D eigenvalue weighted by molar-refractivity contribution is -0.205. The van der Waals surface area contributed by atoms with Gasteiger partial charge in [0.05, 0.1) is 11.6 Å². The van der Waals surface area contributed by atoms with Crippen molar-refractivity contribution in [3.05, 3.63) is 71.3 Å². The van der Waals surface area contributed by atoms with Crippen LogP contribution in [0, 0.1) is 6.92 Å². The summed E-state index contributed by atoms with van der Waals surface area (Å²) in [5.74, 6) is -0.401. The number of esters is 1. The van der Waals surface area contributed by atoms with Gasteiger partial charge in [0.2, 0.25) is 0 Å². The number of hydrogen-bond acceptors (Lipinski definition) is 3. The van der Waals surface area contributed by atoms with Gasteiger partial charge in [-0.2, -0.15) is 0 Å². The van der Waals surface area contributed by atoms with E-state index in [9.17, 15) is 4.79 Å². The molecular weight excluding hydrogens is 336 g/mol. The van der Waals surface area contributed by atoms with E-state index in [4.69, 9.17) is 4.74 Å². The van der Waals surface area contributed by atoms with Crippen molar-refractivity contribution in [2.45, 2.75) is 37.8 Å². The average Bonchev–Trinajstić information content (AvgIpc) is 2.68. The Morgan fingerprint density at radius 1 is 1.15 bits per heavy atom. The minimum atomic E-state index is -0.601. The van der Waals surface area contributed by atoms with Crippen LogP contribution in [0.5, 0.6) is 0 Å². The number of rotatable bonds is 4. The fourth-order valence-electron chi connectivity index (χ4n) is 4.37. The number of piperidine rings is 1. The van der Waals surface area contributed by atoms with E-state index in [0.29, 0.717) is 0 Å². The van der Waals surface area contributed by atoms with E-state index in [1.54, 1.807) is 0 Å². The molecule has 2 aromatic rings. The first-order valence-corrected chi connectivity index (χ1v) is 9.58. The quantitative estimate of drug-likeness (QED) is 0.478. The van der Waals surface area contributed by atoms with Crippen molar-refractivity contribution in [3.63, 3.8) is 0 Å². The van der Waals surface area contributed by atoms with E-state index < -0.39 is 11.6 Å². The van der Waals surface area contributed by atoms with Gasteiger partial charge in [-0.25, -0.2) is 4.79 Å². The zero-order chi connectivity index (χ0) is 18.9. The zero-order valence-corrected chi connectivity index (χ0v) is 15.7. The second-order valence-corrected chi connectivity index (χ2v) is 7.50. The molecule has 138 valence electrons. The highest BCUT2D eigenvalue weighted by Crippen LogP contribution is 2.46. The number of hydrogen-bond donors (Lipinski definition) is 0. The summed E-state index contributed by atoms with van der Waals surface area (Å²) in [6.45, 7) is 7.48. The second kappa shape index (κ2) is 7.15. The Balaban J connectivity index is 1.67. The molecule has 0 N–H and O–H groups in total. The first kappa shape index (κ1) is 17.7. The van der Waals surface area contributed by atoms with Gasteiger partial charge >= 0.3 is 11.7 Å². The predicted molar refractivity (Wildman–Crippen MR) is 108 cm³/mol. The van der Waals surface area contributed by atoms with E-state index >= 15 is 0 Å². The van der Waals surface area contributed by atoms with E-state index in [1.165, 1.54) is 18.4 Å². The molecular formula is C23H25N2O2+. The number of carbonyl (C=O) groups is 1. The first-order chi connectivity index (χ1) is 13.1. The Bertz CT molecular complexity index is 884. The van der Waals surface area contributed by atoms with E-state index in [1.807, 2.05) is 30.3 Å². The number of fused-ring (bicyclic) bond motifs is 1. The Labute approximate surface area is 160 Å². The molecule has 0 aromatic heterocycles. The van der Waals surface area contributed by atoms with Crippen molar-refractivity contribution in [2.24, 2.45) is 0 Å². The SMILES string of the molecule is C=[N+]=C(C(=O)O[C@]1(c2ccc(C)cc2)CN2CCCC[C@@H]21)c1ccccc1. The molecule has 2 atom stereocenters. The lowest BCUT2D eigenvalue weighted by Gasteiger charge is -2.58. The summed E-state index contributed by atoms with van der Waals surface area (Å²) < 4.78 is 10.2. The first-order valence-electron chi connectivity index (χ1n) is 9.58. The van der Waals surface area contributed by atoms with Gasteiger partial charge in [-0.15, -0.1) is 0 Å². The van der Waals surface area contributed by atoms with Crippen LogP contribution in [0.15, 0.2) is 54.6 Å². The summed E-state index contributed by atoms with van der Waals surface area (Å²) >= 11 is 0. The smallest absolute Gasteiger partial charge is 0.424 e. The predicted octanol–water partition coefficient (Wildman–Crippen LogP) is 2.86. The number of benzene rings is 2. The Kier molecular flexibility index (Phi) is 4.69. The van der Waals surface area contributed by atoms with Gasteiger partial charge in [0.15, 0.2) is 5.60 Å². The van der Waals surface area contributed by atoms with Crippen LogP contribution in [0.4, 0.5) is 0 Å². The van der Waals surface area contributed by atoms with Crippen LogP contribution in [0.2, 0.25) is 0 Å². The summed E-state index contributed by atoms with van der Waals surface area (Å²) in [7, 11) is 0. The number of ether oxygens (including phenoxy) is 1. The van der Waals surface area contributed by atoms with Gasteiger partial charge in [-0.1, -0.05) is 59.1 Å². The topological polar surface area (TPSA) is 43.6 Å². The summed E-state index contributed by atoms with van der Waals surface area (Å²) in [5, 5.41) is 0. The van der Waals surface area contributed by atoms with Crippen LogP contribution >= 0.6 is 0 Å². The molecule has 0 amide bonds. The molecule has 2 heterocycles. The highest BCUT2D eigenvalue weighted by atomic mass is 16.6. The van der Waals surface area contributed by atoms with E-state index in [-0.39, 0.29) is 11.8 Å². The molecule has 4 heteroatoms. The summed E-state index contributed by atoms with van der Waals surface area (Å²) in [4.78, 5) is 15.5. The van der Waals surface area contributed by atoms with E-state index in [0.717, 1.165) is 30.6 Å². The third kappa shape index (κ3) is 3.12. The Hall–Kier alpha value is -2.68. The van der Waals surface area contributed by atoms with Crippen LogP contribution in [-0.4, -0.2) is 42.4 Å². The van der Waals surface area contributed by atoms with Crippen molar-refractivity contribution in [1.82, 2.24) is 9.57 Å². The maximum atomic E-state index is 13.1. The van der Waals surface area contributed by atoms with Crippen molar-refractivity contribution in [2.75, 3.05) is 13.1 Å². The molecule has 4 rings (SSSR count). The van der Waals surface area contributed by atoms with Crippen molar-refractivity contribution in [1.29, 1.82) is 0 Å². The zero-order valence-electron chi connectivity index (χ0n) is 15.7. The van der Waals surface area contributed by atoms with Gasteiger partial charge in [-0.05, 0) is 44.0 Å². The lowest BCUT2D eigenvalue weighted by atomic mass is 9.73. The van der Waals surface area contributed by atoms with Crippen molar-refractivity contribution >= 4 is 18.4 Å². The van der Waals surface area contributed by atoms with Crippen LogP contribution in [0.1, 0.15) is 36.0 Å². The molecule has 0 saturated carbocycles. The van der Waals surface area contributed by atoms with Crippen LogP contribution in [-0.2, 0) is 15.1 Å². The molecule has 4 nitrogen and oxygen atoms in total. The van der Waals surface area contributed by atoms with Crippen LogP contribution < -0.4 is 4.67 Å². The monoisotopic (exact) mass is 361 g/mol. The fourth-order valence-corrected chi connectivity index (χ4v) is 4.37. The molecule has 0 unspecified atom stereocenters. The molecule has 0 bridgehead atoms. The Morgan fingerprint density at radius 3 is 2.56 bits per heavy atom. The van der Waals surface area contributed by atoms with E-state index in [2.05, 4.69) is 47.5 Å². The molecule has 2 aromatic carbocycles. The Morgan fingerprint density at radius 2 is 1.89 bits per heavy atom. The molecule has 0 radical (unpaired) electrons. The molecule has 0 spiro atoms. The maximum Gasteiger partial charge on any atom is 0.424 e. The number of carbonyl (C=O) groups excluding carboxylic acids is 1. The number of aryl methyl sites for hydroxylation is 1. The lowest BCUT2D eigenvalue weighted by Crippen LogP contribution is -2.70. The summed E-state index contributed by atoms with van der Waals surface area (Å²) in [6.07, 6.45) is 3.43. The molecule has 2 saturated heterocycles. The largest absolute Gasteiger partial charge is 0.442 e. The van der Waals surface area contributed by atoms with Crippen molar-refractivity contribution < 1.29 is 9.53 Å². The summed E-state index contributed by atoms with van der Waals surface area (Å²) in [6, 6.07) is 18.0. The molecule has 2 aliphatic rings. The molecule has 2 aliphatic heterocycles. The summed E-state index contributed by atoms with van der Waals surface area (Å²) in [5.41, 5.74) is 2.67. The van der Waals surface area contributed by atoms with Gasteiger partial charge in [-0.3, -0.25) is 4.90 Å². The van der Waals surface area contributed by atoms with Crippen LogP contribution in [0.25, 0.3) is 0 Å². The third-order valence-corrected chi connectivity index (χ3v) is 5.80. The molecule has 0 aliphatic carbocycles. The van der Waals surface area contributed by atoms with Crippen LogP contribution in [0.3, 0.4) is 0 Å². The fraction of sp³-hybridized carbons (Fsp3) is 0.348. The second-order valence-electron chi connectivity index (χ2n) is 7.50. The third-order valence-electron chi connectivity index (χ3n) is 5.80. The maximum absolute atomic E-state index is 13.1. The normalized spacial score (nSPS) is 24.3. The number of nitrogens with zero attached hydrogens (tertiary/aromatic N) is 2. The molecule has 27 heavy (non-hydrogen) atoms. The average molecular weight is 361 g/mol. The molecule has 2 fully saturated rings.